The van der Waals surface area contributed by atoms with Gasteiger partial charge in [-0.15, -0.1) is 0 Å². The summed E-state index contributed by atoms with van der Waals surface area (Å²) in [7, 11) is 0. The third kappa shape index (κ3) is 3.90. The molecule has 0 aliphatic carbocycles. The van der Waals surface area contributed by atoms with E-state index in [0.29, 0.717) is 22.3 Å². The first-order valence-corrected chi connectivity index (χ1v) is 6.35. The summed E-state index contributed by atoms with van der Waals surface area (Å²) in [6.07, 6.45) is -0.916. The van der Waals surface area contributed by atoms with Crippen LogP contribution in [0, 0.1) is 0 Å². The number of benzene rings is 2. The van der Waals surface area contributed by atoms with Gasteiger partial charge in [0, 0.05) is 11.1 Å². The highest BCUT2D eigenvalue weighted by atomic mass is 35.5. The number of carbonyl (C=O) groups is 1. The van der Waals surface area contributed by atoms with Crippen LogP contribution in [0.4, 0.5) is 0 Å². The van der Waals surface area contributed by atoms with Crippen molar-refractivity contribution in [1.29, 1.82) is 0 Å². The molecular weight excluding hydrogens is 280 g/mol. The van der Waals surface area contributed by atoms with Gasteiger partial charge in [-0.3, -0.25) is 0 Å². The van der Waals surface area contributed by atoms with Crippen LogP contribution < -0.4 is 9.47 Å². The molecule has 0 radical (unpaired) electrons. The summed E-state index contributed by atoms with van der Waals surface area (Å²) in [5.74, 6) is 0.612. The first kappa shape index (κ1) is 14.2. The van der Waals surface area contributed by atoms with E-state index in [0.717, 1.165) is 0 Å². The monoisotopic (exact) mass is 292 g/mol. The van der Waals surface area contributed by atoms with Crippen molar-refractivity contribution < 1.29 is 19.4 Å². The lowest BCUT2D eigenvalue weighted by atomic mass is 10.3. The molecule has 4 nitrogen and oxygen atoms in total. The number of hydrogen-bond donors (Lipinski definition) is 1. The summed E-state index contributed by atoms with van der Waals surface area (Å²) in [5, 5.41) is 9.43. The second-order valence-corrected chi connectivity index (χ2v) is 4.57. The maximum atomic E-state index is 10.7. The Kier molecular flexibility index (Phi) is 4.48. The van der Waals surface area contributed by atoms with Gasteiger partial charge in [0.15, 0.2) is 6.10 Å². The van der Waals surface area contributed by atoms with Gasteiger partial charge in [-0.2, -0.15) is 0 Å². The van der Waals surface area contributed by atoms with Crippen LogP contribution in [0.15, 0.2) is 48.5 Å². The molecule has 1 N–H and O–H groups in total. The van der Waals surface area contributed by atoms with Crippen molar-refractivity contribution in [3.63, 3.8) is 0 Å². The predicted octanol–water partition coefficient (Wildman–Crippen LogP) is 3.98. The SMILES string of the molecule is CC(Oc1cccc(Oc2ccc(Cl)cc2)c1)C(=O)O. The van der Waals surface area contributed by atoms with Crippen LogP contribution in [0.2, 0.25) is 5.02 Å². The molecule has 1 atom stereocenters. The predicted molar refractivity (Wildman–Crippen MR) is 75.7 cm³/mol. The fourth-order valence-corrected chi connectivity index (χ4v) is 1.63. The number of aliphatic carboxylic acids is 1. The molecule has 1 unspecified atom stereocenters. The van der Waals surface area contributed by atoms with Crippen molar-refractivity contribution in [2.75, 3.05) is 0 Å². The second-order valence-electron chi connectivity index (χ2n) is 4.13. The average molecular weight is 293 g/mol. The number of carboxylic acid groups (broad SMARTS) is 1. The molecule has 0 heterocycles. The van der Waals surface area contributed by atoms with E-state index in [1.807, 2.05) is 0 Å². The zero-order valence-electron chi connectivity index (χ0n) is 10.7. The fraction of sp³-hybridized carbons (Fsp3) is 0.133. The largest absolute Gasteiger partial charge is 0.479 e. The van der Waals surface area contributed by atoms with Gasteiger partial charge >= 0.3 is 5.97 Å². The maximum absolute atomic E-state index is 10.7. The van der Waals surface area contributed by atoms with Crippen LogP contribution in [0.5, 0.6) is 17.2 Å². The Hall–Kier alpha value is -2.20. The zero-order chi connectivity index (χ0) is 14.5. The molecular formula is C15H13ClO4. The third-order valence-electron chi connectivity index (χ3n) is 2.52. The van der Waals surface area contributed by atoms with Crippen molar-refractivity contribution in [3.8, 4) is 17.2 Å². The van der Waals surface area contributed by atoms with Gasteiger partial charge in [0.05, 0.1) is 0 Å². The minimum atomic E-state index is -1.02. The fourth-order valence-electron chi connectivity index (χ4n) is 1.50. The average Bonchev–Trinajstić information content (AvgIpc) is 2.42. The van der Waals surface area contributed by atoms with Crippen LogP contribution in [0.3, 0.4) is 0 Å². The molecule has 0 spiro atoms. The van der Waals surface area contributed by atoms with Crippen LogP contribution in [0.25, 0.3) is 0 Å². The number of hydrogen-bond acceptors (Lipinski definition) is 3. The van der Waals surface area contributed by atoms with Crippen LogP contribution in [-0.4, -0.2) is 17.2 Å². The molecule has 0 aliphatic rings. The van der Waals surface area contributed by atoms with E-state index < -0.39 is 12.1 Å². The molecule has 5 heteroatoms. The number of ether oxygens (including phenoxy) is 2. The van der Waals surface area contributed by atoms with E-state index in [2.05, 4.69) is 0 Å². The van der Waals surface area contributed by atoms with Crippen molar-refractivity contribution in [2.24, 2.45) is 0 Å². The van der Waals surface area contributed by atoms with E-state index in [4.69, 9.17) is 26.2 Å². The quantitative estimate of drug-likeness (QED) is 0.905. The van der Waals surface area contributed by atoms with Gasteiger partial charge in [0.2, 0.25) is 0 Å². The maximum Gasteiger partial charge on any atom is 0.344 e. The smallest absolute Gasteiger partial charge is 0.344 e. The highest BCUT2D eigenvalue weighted by molar-refractivity contribution is 6.30. The topological polar surface area (TPSA) is 55.8 Å². The summed E-state index contributed by atoms with van der Waals surface area (Å²) in [6.45, 7) is 1.47. The van der Waals surface area contributed by atoms with Crippen molar-refractivity contribution >= 4 is 17.6 Å². The van der Waals surface area contributed by atoms with Crippen LogP contribution in [-0.2, 0) is 4.79 Å². The lowest BCUT2D eigenvalue weighted by Crippen LogP contribution is -2.22. The zero-order valence-corrected chi connectivity index (χ0v) is 11.5. The summed E-state index contributed by atoms with van der Waals surface area (Å²) < 4.78 is 10.9. The summed E-state index contributed by atoms with van der Waals surface area (Å²) in [6, 6.07) is 13.7. The van der Waals surface area contributed by atoms with E-state index >= 15 is 0 Å². The Labute approximate surface area is 121 Å². The Morgan fingerprint density at radius 2 is 1.75 bits per heavy atom. The molecule has 0 fully saturated rings. The normalized spacial score (nSPS) is 11.7. The van der Waals surface area contributed by atoms with E-state index in [1.165, 1.54) is 6.92 Å². The summed E-state index contributed by atoms with van der Waals surface area (Å²) in [4.78, 5) is 10.7. The van der Waals surface area contributed by atoms with Gasteiger partial charge in [-0.1, -0.05) is 17.7 Å². The molecule has 0 aliphatic heterocycles. The molecule has 20 heavy (non-hydrogen) atoms. The first-order valence-electron chi connectivity index (χ1n) is 5.97. The van der Waals surface area contributed by atoms with Gasteiger partial charge < -0.3 is 14.6 Å². The van der Waals surface area contributed by atoms with Crippen molar-refractivity contribution in [3.05, 3.63) is 53.6 Å². The lowest BCUT2D eigenvalue weighted by Gasteiger charge is -2.12. The van der Waals surface area contributed by atoms with Gasteiger partial charge in [-0.05, 0) is 43.3 Å². The highest BCUT2D eigenvalue weighted by Gasteiger charge is 2.12. The highest BCUT2D eigenvalue weighted by Crippen LogP contribution is 2.26. The number of rotatable bonds is 5. The Morgan fingerprint density at radius 1 is 1.10 bits per heavy atom. The standard InChI is InChI=1S/C15H13ClO4/c1-10(15(17)18)19-13-3-2-4-14(9-13)20-12-7-5-11(16)6-8-12/h2-10H,1H3,(H,17,18). The molecule has 104 valence electrons. The van der Waals surface area contributed by atoms with Crippen LogP contribution in [0.1, 0.15) is 6.92 Å². The van der Waals surface area contributed by atoms with E-state index in [-0.39, 0.29) is 0 Å². The van der Waals surface area contributed by atoms with Crippen LogP contribution >= 0.6 is 11.6 Å². The second kappa shape index (κ2) is 6.30. The molecule has 0 bridgehead atoms. The molecule has 2 aromatic carbocycles. The van der Waals surface area contributed by atoms with Gasteiger partial charge in [0.25, 0.3) is 0 Å². The summed E-state index contributed by atoms with van der Waals surface area (Å²) in [5.41, 5.74) is 0. The molecule has 2 aromatic rings. The lowest BCUT2D eigenvalue weighted by molar-refractivity contribution is -0.144. The molecule has 2 rings (SSSR count). The Bertz CT molecular complexity index is 595. The van der Waals surface area contributed by atoms with E-state index in [9.17, 15) is 4.79 Å². The molecule has 0 saturated carbocycles. The number of carboxylic acids is 1. The van der Waals surface area contributed by atoms with E-state index in [1.54, 1.807) is 48.5 Å². The van der Waals surface area contributed by atoms with Gasteiger partial charge in [-0.25, -0.2) is 4.79 Å². The third-order valence-corrected chi connectivity index (χ3v) is 2.77. The molecule has 0 amide bonds. The van der Waals surface area contributed by atoms with Crippen molar-refractivity contribution in [2.45, 2.75) is 13.0 Å². The van der Waals surface area contributed by atoms with Gasteiger partial charge in [0.1, 0.15) is 17.2 Å². The summed E-state index contributed by atoms with van der Waals surface area (Å²) >= 11 is 5.80. The first-order chi connectivity index (χ1) is 9.54. The molecule has 0 saturated heterocycles. The Balaban J connectivity index is 2.09. The minimum absolute atomic E-state index is 0.436. The van der Waals surface area contributed by atoms with Crippen molar-refractivity contribution in [1.82, 2.24) is 0 Å². The number of halogens is 1. The minimum Gasteiger partial charge on any atom is -0.479 e. The molecule has 0 aromatic heterocycles. The Morgan fingerprint density at radius 3 is 2.40 bits per heavy atom.